The van der Waals surface area contributed by atoms with Crippen molar-refractivity contribution in [2.75, 3.05) is 5.32 Å². The van der Waals surface area contributed by atoms with E-state index >= 15 is 0 Å². The maximum atomic E-state index is 15.0. The molecule has 1 amide bonds. The fourth-order valence-electron chi connectivity index (χ4n) is 4.20. The molecule has 5 heteroatoms. The van der Waals surface area contributed by atoms with Crippen LogP contribution in [0.3, 0.4) is 0 Å². The molecule has 0 spiro atoms. The molecule has 174 valence electrons. The van der Waals surface area contributed by atoms with Gasteiger partial charge in [0.1, 0.15) is 5.56 Å². The van der Waals surface area contributed by atoms with Gasteiger partial charge >= 0.3 is 0 Å². The Morgan fingerprint density at radius 3 is 1.97 bits per heavy atom. The second kappa shape index (κ2) is 9.74. The number of aromatic nitrogens is 1. The Balaban J connectivity index is 2.11. The lowest BCUT2D eigenvalue weighted by Gasteiger charge is -2.22. The zero-order chi connectivity index (χ0) is 24.4. The van der Waals surface area contributed by atoms with E-state index in [2.05, 4.69) is 33.0 Å². The Morgan fingerprint density at radius 1 is 0.909 bits per heavy atom. The van der Waals surface area contributed by atoms with Crippen LogP contribution in [0, 0.1) is 26.6 Å². The van der Waals surface area contributed by atoms with Crippen LogP contribution in [-0.4, -0.2) is 10.5 Å². The molecule has 0 unspecified atom stereocenters. The lowest BCUT2D eigenvalue weighted by atomic mass is 9.92. The second-order valence-corrected chi connectivity index (χ2v) is 9.34. The molecule has 1 aromatic heterocycles. The summed E-state index contributed by atoms with van der Waals surface area (Å²) in [7, 11) is 0. The van der Waals surface area contributed by atoms with Gasteiger partial charge in [-0.15, -0.1) is 0 Å². The van der Waals surface area contributed by atoms with Crippen LogP contribution < -0.4 is 10.7 Å². The summed E-state index contributed by atoms with van der Waals surface area (Å²) < 4.78 is 16.7. The number of pyridine rings is 1. The van der Waals surface area contributed by atoms with Crippen molar-refractivity contribution < 1.29 is 9.18 Å². The molecule has 0 aliphatic rings. The summed E-state index contributed by atoms with van der Waals surface area (Å²) >= 11 is 0. The van der Waals surface area contributed by atoms with Gasteiger partial charge in [0.15, 0.2) is 5.82 Å². The number of rotatable bonds is 6. The van der Waals surface area contributed by atoms with Gasteiger partial charge in [-0.25, -0.2) is 4.39 Å². The standard InChI is InChI=1S/C28H33FN2O2/c1-16(2)22-9-8-10-23(17(3)4)26(22)30-28(33)24-19(6)31(20(7)25(29)27(24)32)15-21-13-11-18(5)12-14-21/h8-14,16-17H,15H2,1-7H3,(H,30,33). The van der Waals surface area contributed by atoms with Crippen LogP contribution in [0.15, 0.2) is 47.3 Å². The number of anilines is 1. The van der Waals surface area contributed by atoms with E-state index in [4.69, 9.17) is 0 Å². The predicted molar refractivity (Wildman–Crippen MR) is 133 cm³/mol. The molecule has 0 radical (unpaired) electrons. The summed E-state index contributed by atoms with van der Waals surface area (Å²) in [4.78, 5) is 26.3. The van der Waals surface area contributed by atoms with E-state index in [9.17, 15) is 14.0 Å². The summed E-state index contributed by atoms with van der Waals surface area (Å²) in [5, 5.41) is 2.97. The summed E-state index contributed by atoms with van der Waals surface area (Å²) in [6.45, 7) is 13.9. The average Bonchev–Trinajstić information content (AvgIpc) is 2.76. The van der Waals surface area contributed by atoms with Gasteiger partial charge in [0.25, 0.3) is 5.91 Å². The number of carbonyl (C=O) groups is 1. The number of nitrogens with one attached hydrogen (secondary N) is 1. The lowest BCUT2D eigenvalue weighted by Crippen LogP contribution is -2.30. The van der Waals surface area contributed by atoms with Gasteiger partial charge < -0.3 is 9.88 Å². The maximum Gasteiger partial charge on any atom is 0.261 e. The Labute approximate surface area is 195 Å². The first-order chi connectivity index (χ1) is 15.5. The van der Waals surface area contributed by atoms with Crippen LogP contribution in [0.5, 0.6) is 0 Å². The van der Waals surface area contributed by atoms with E-state index in [1.54, 1.807) is 18.4 Å². The number of hydrogen-bond donors (Lipinski definition) is 1. The Morgan fingerprint density at radius 2 is 1.45 bits per heavy atom. The van der Waals surface area contributed by atoms with Crippen molar-refractivity contribution in [2.24, 2.45) is 0 Å². The van der Waals surface area contributed by atoms with E-state index < -0.39 is 17.2 Å². The molecule has 0 saturated heterocycles. The van der Waals surface area contributed by atoms with E-state index in [0.29, 0.717) is 17.9 Å². The van der Waals surface area contributed by atoms with Gasteiger partial charge in [0.05, 0.1) is 5.69 Å². The minimum Gasteiger partial charge on any atom is -0.341 e. The van der Waals surface area contributed by atoms with E-state index in [1.807, 2.05) is 49.4 Å². The average molecular weight is 449 g/mol. The molecule has 0 saturated carbocycles. The highest BCUT2D eigenvalue weighted by Crippen LogP contribution is 2.32. The molecule has 4 nitrogen and oxygen atoms in total. The fraction of sp³-hybridized carbons (Fsp3) is 0.357. The van der Waals surface area contributed by atoms with Crippen LogP contribution in [0.2, 0.25) is 0 Å². The van der Waals surface area contributed by atoms with E-state index in [0.717, 1.165) is 22.3 Å². The van der Waals surface area contributed by atoms with Crippen LogP contribution in [0.4, 0.5) is 10.1 Å². The third-order valence-corrected chi connectivity index (χ3v) is 6.22. The number of benzene rings is 2. The Kier molecular flexibility index (Phi) is 7.21. The monoisotopic (exact) mass is 448 g/mol. The summed E-state index contributed by atoms with van der Waals surface area (Å²) in [5.74, 6) is -1.12. The van der Waals surface area contributed by atoms with Gasteiger partial charge in [-0.1, -0.05) is 75.7 Å². The lowest BCUT2D eigenvalue weighted by molar-refractivity contribution is 0.102. The van der Waals surface area contributed by atoms with Crippen molar-refractivity contribution >= 4 is 11.6 Å². The molecule has 3 aromatic rings. The number of halogens is 1. The van der Waals surface area contributed by atoms with Gasteiger partial charge in [-0.3, -0.25) is 9.59 Å². The Hall–Kier alpha value is -3.21. The minimum atomic E-state index is -0.890. The molecule has 1 N–H and O–H groups in total. The molecular formula is C28H33FN2O2. The normalized spacial score (nSPS) is 11.3. The van der Waals surface area contributed by atoms with Crippen molar-refractivity contribution in [3.8, 4) is 0 Å². The third kappa shape index (κ3) is 4.92. The van der Waals surface area contributed by atoms with Crippen molar-refractivity contribution in [3.63, 3.8) is 0 Å². The number of para-hydroxylation sites is 1. The predicted octanol–water partition coefficient (Wildman–Crippen LogP) is 6.46. The molecule has 1 heterocycles. The zero-order valence-corrected chi connectivity index (χ0v) is 20.5. The minimum absolute atomic E-state index is 0.154. The molecule has 0 atom stereocenters. The second-order valence-electron chi connectivity index (χ2n) is 9.34. The van der Waals surface area contributed by atoms with Crippen LogP contribution >= 0.6 is 0 Å². The number of carbonyl (C=O) groups excluding carboxylic acids is 1. The highest BCUT2D eigenvalue weighted by molar-refractivity contribution is 6.06. The SMILES string of the molecule is Cc1ccc(Cn2c(C)c(F)c(=O)c(C(=O)Nc3c(C(C)C)cccc3C(C)C)c2C)cc1. The smallest absolute Gasteiger partial charge is 0.261 e. The topological polar surface area (TPSA) is 51.1 Å². The molecule has 33 heavy (non-hydrogen) atoms. The summed E-state index contributed by atoms with van der Waals surface area (Å²) in [5.41, 5.74) is 4.42. The first-order valence-corrected chi connectivity index (χ1v) is 11.4. The van der Waals surface area contributed by atoms with E-state index in [1.165, 1.54) is 0 Å². The summed E-state index contributed by atoms with van der Waals surface area (Å²) in [6.07, 6.45) is 0. The maximum absolute atomic E-state index is 15.0. The highest BCUT2D eigenvalue weighted by Gasteiger charge is 2.24. The highest BCUT2D eigenvalue weighted by atomic mass is 19.1. The summed E-state index contributed by atoms with van der Waals surface area (Å²) in [6, 6.07) is 13.8. The molecule has 0 aliphatic carbocycles. The van der Waals surface area contributed by atoms with Gasteiger partial charge in [-0.05, 0) is 49.3 Å². The molecule has 0 bridgehead atoms. The van der Waals surface area contributed by atoms with Crippen molar-refractivity contribution in [1.29, 1.82) is 0 Å². The van der Waals surface area contributed by atoms with Crippen LogP contribution in [0.25, 0.3) is 0 Å². The van der Waals surface area contributed by atoms with Crippen molar-refractivity contribution in [3.05, 3.63) is 97.7 Å². The molecule has 2 aromatic carbocycles. The van der Waals surface area contributed by atoms with Gasteiger partial charge in [0.2, 0.25) is 5.43 Å². The first kappa shape index (κ1) is 24.4. The third-order valence-electron chi connectivity index (χ3n) is 6.22. The Bertz CT molecular complexity index is 1210. The number of nitrogens with zero attached hydrogens (tertiary/aromatic N) is 1. The number of amides is 1. The van der Waals surface area contributed by atoms with Gasteiger partial charge in [-0.2, -0.15) is 0 Å². The van der Waals surface area contributed by atoms with Crippen molar-refractivity contribution in [2.45, 2.75) is 66.8 Å². The molecule has 3 rings (SSSR count). The van der Waals surface area contributed by atoms with Gasteiger partial charge in [0, 0.05) is 17.9 Å². The molecule has 0 fully saturated rings. The number of aryl methyl sites for hydroxylation is 1. The van der Waals surface area contributed by atoms with E-state index in [-0.39, 0.29) is 23.1 Å². The molecule has 0 aliphatic heterocycles. The van der Waals surface area contributed by atoms with Crippen LogP contribution in [0.1, 0.15) is 83.5 Å². The van der Waals surface area contributed by atoms with Crippen molar-refractivity contribution in [1.82, 2.24) is 4.57 Å². The van der Waals surface area contributed by atoms with Crippen LogP contribution in [-0.2, 0) is 6.54 Å². The number of hydrogen-bond acceptors (Lipinski definition) is 2. The fourth-order valence-corrected chi connectivity index (χ4v) is 4.20. The zero-order valence-electron chi connectivity index (χ0n) is 20.5. The largest absolute Gasteiger partial charge is 0.341 e. The first-order valence-electron chi connectivity index (χ1n) is 11.4. The molecular weight excluding hydrogens is 415 g/mol. The quantitative estimate of drug-likeness (QED) is 0.470.